The van der Waals surface area contributed by atoms with Crippen LogP contribution in [-0.4, -0.2) is 22.2 Å². The number of nitrogens with zero attached hydrogens (tertiary/aromatic N) is 2. The van der Waals surface area contributed by atoms with Crippen molar-refractivity contribution in [2.45, 2.75) is 20.1 Å². The molecule has 12 heavy (non-hydrogen) atoms. The highest BCUT2D eigenvalue weighted by molar-refractivity contribution is 5.08. The van der Waals surface area contributed by atoms with Crippen LogP contribution in [0.25, 0.3) is 0 Å². The van der Waals surface area contributed by atoms with Gasteiger partial charge in [0.1, 0.15) is 6.61 Å². The lowest BCUT2D eigenvalue weighted by Gasteiger charge is -2.02. The molecule has 4 nitrogen and oxygen atoms in total. The van der Waals surface area contributed by atoms with Crippen LogP contribution in [0.2, 0.25) is 0 Å². The monoisotopic (exact) mass is 168 g/mol. The van der Waals surface area contributed by atoms with Gasteiger partial charge in [-0.05, 0) is 13.0 Å². The summed E-state index contributed by atoms with van der Waals surface area (Å²) in [4.78, 5) is 8.18. The zero-order chi connectivity index (χ0) is 8.97. The molecule has 0 aliphatic rings. The van der Waals surface area contributed by atoms with Gasteiger partial charge in [-0.2, -0.15) is 0 Å². The fraction of sp³-hybridized carbons (Fsp3) is 0.500. The molecule has 0 fully saturated rings. The third-order valence-electron chi connectivity index (χ3n) is 1.39. The number of rotatable bonds is 3. The largest absolute Gasteiger partial charge is 0.390 e. The van der Waals surface area contributed by atoms with Crippen LogP contribution < -0.4 is 0 Å². The first-order valence-electron chi connectivity index (χ1n) is 3.69. The Kier molecular flexibility index (Phi) is 3.13. The van der Waals surface area contributed by atoms with Gasteiger partial charge in [0, 0.05) is 12.8 Å². The van der Waals surface area contributed by atoms with E-state index in [1.165, 1.54) is 0 Å². The number of aryl methyl sites for hydroxylation is 1. The summed E-state index contributed by atoms with van der Waals surface area (Å²) in [5.41, 5.74) is 1.48. The highest BCUT2D eigenvalue weighted by atomic mass is 16.5. The number of hydrogen-bond acceptors (Lipinski definition) is 4. The summed E-state index contributed by atoms with van der Waals surface area (Å²) < 4.78 is 4.88. The Hall–Kier alpha value is -1.00. The minimum absolute atomic E-state index is 0.0555. The van der Waals surface area contributed by atoms with E-state index < -0.39 is 0 Å². The number of aliphatic hydroxyl groups excluding tert-OH is 1. The Morgan fingerprint density at radius 3 is 2.83 bits per heavy atom. The summed E-state index contributed by atoms with van der Waals surface area (Å²) in [6.45, 7) is 2.19. The van der Waals surface area contributed by atoms with Crippen LogP contribution in [0.3, 0.4) is 0 Å². The molecule has 0 spiro atoms. The lowest BCUT2D eigenvalue weighted by atomic mass is 10.3. The smallest absolute Gasteiger partial charge is 0.154 e. The zero-order valence-corrected chi connectivity index (χ0v) is 7.24. The second kappa shape index (κ2) is 4.13. The van der Waals surface area contributed by atoms with Crippen LogP contribution in [0.15, 0.2) is 6.07 Å². The number of aliphatic hydroxyl groups is 1. The number of ether oxygens (including phenoxy) is 1. The topological polar surface area (TPSA) is 55.2 Å². The maximum atomic E-state index is 8.82. The van der Waals surface area contributed by atoms with E-state index in [1.807, 2.05) is 6.92 Å². The summed E-state index contributed by atoms with van der Waals surface area (Å²) in [7, 11) is 1.59. The van der Waals surface area contributed by atoms with Gasteiger partial charge in [-0.1, -0.05) is 0 Å². The van der Waals surface area contributed by atoms with Gasteiger partial charge in [0.25, 0.3) is 0 Å². The zero-order valence-electron chi connectivity index (χ0n) is 7.24. The van der Waals surface area contributed by atoms with Gasteiger partial charge in [-0.15, -0.1) is 0 Å². The molecule has 1 aromatic heterocycles. The summed E-state index contributed by atoms with van der Waals surface area (Å²) in [6.07, 6.45) is 0. The minimum atomic E-state index is -0.0555. The van der Waals surface area contributed by atoms with Gasteiger partial charge in [-0.3, -0.25) is 0 Å². The summed E-state index contributed by atoms with van der Waals surface area (Å²) in [5, 5.41) is 8.82. The predicted octanol–water partition coefficient (Wildman–Crippen LogP) is 0.424. The van der Waals surface area contributed by atoms with Crippen molar-refractivity contribution in [2.24, 2.45) is 0 Å². The molecule has 0 aliphatic carbocycles. The first-order valence-corrected chi connectivity index (χ1v) is 3.69. The standard InChI is InChI=1S/C8H12N2O2/c1-6-3-7(4-11)10-8(9-6)5-12-2/h3,11H,4-5H2,1-2H3. The van der Waals surface area contributed by atoms with E-state index in [2.05, 4.69) is 9.97 Å². The number of aromatic nitrogens is 2. The van der Waals surface area contributed by atoms with Crippen molar-refractivity contribution < 1.29 is 9.84 Å². The number of hydrogen-bond donors (Lipinski definition) is 1. The maximum Gasteiger partial charge on any atom is 0.154 e. The molecular formula is C8H12N2O2. The van der Waals surface area contributed by atoms with Crippen molar-refractivity contribution in [3.8, 4) is 0 Å². The Morgan fingerprint density at radius 1 is 1.50 bits per heavy atom. The maximum absolute atomic E-state index is 8.82. The molecule has 0 radical (unpaired) electrons. The van der Waals surface area contributed by atoms with E-state index in [1.54, 1.807) is 13.2 Å². The first kappa shape index (κ1) is 9.09. The Labute approximate surface area is 71.2 Å². The minimum Gasteiger partial charge on any atom is -0.390 e. The lowest BCUT2D eigenvalue weighted by molar-refractivity contribution is 0.176. The van der Waals surface area contributed by atoms with E-state index in [0.717, 1.165) is 5.69 Å². The summed E-state index contributed by atoms with van der Waals surface area (Å²) in [5.74, 6) is 0.613. The molecule has 1 heterocycles. The molecule has 0 atom stereocenters. The third kappa shape index (κ3) is 2.25. The van der Waals surface area contributed by atoms with E-state index in [0.29, 0.717) is 18.1 Å². The van der Waals surface area contributed by atoms with Crippen LogP contribution in [0.5, 0.6) is 0 Å². The van der Waals surface area contributed by atoms with Crippen LogP contribution >= 0.6 is 0 Å². The quantitative estimate of drug-likeness (QED) is 0.710. The molecule has 66 valence electrons. The number of methoxy groups -OCH3 is 1. The molecule has 0 aromatic carbocycles. The normalized spacial score (nSPS) is 10.2. The molecule has 0 bridgehead atoms. The fourth-order valence-electron chi connectivity index (χ4n) is 0.975. The molecule has 1 rings (SSSR count). The fourth-order valence-corrected chi connectivity index (χ4v) is 0.975. The molecule has 4 heteroatoms. The van der Waals surface area contributed by atoms with Crippen molar-refractivity contribution in [1.29, 1.82) is 0 Å². The SMILES string of the molecule is COCc1nc(C)cc(CO)n1. The van der Waals surface area contributed by atoms with Gasteiger partial charge in [0.15, 0.2) is 5.82 Å². The van der Waals surface area contributed by atoms with Crippen molar-refractivity contribution in [2.75, 3.05) is 7.11 Å². The second-order valence-electron chi connectivity index (χ2n) is 2.51. The highest BCUT2D eigenvalue weighted by Crippen LogP contribution is 2.01. The highest BCUT2D eigenvalue weighted by Gasteiger charge is 1.99. The molecule has 0 amide bonds. The van der Waals surface area contributed by atoms with E-state index in [9.17, 15) is 0 Å². The molecular weight excluding hydrogens is 156 g/mol. The van der Waals surface area contributed by atoms with Gasteiger partial charge in [0.2, 0.25) is 0 Å². The molecule has 0 saturated carbocycles. The van der Waals surface area contributed by atoms with Gasteiger partial charge >= 0.3 is 0 Å². The van der Waals surface area contributed by atoms with Gasteiger partial charge in [0.05, 0.1) is 12.3 Å². The Balaban J connectivity index is 2.90. The molecule has 0 aliphatic heterocycles. The van der Waals surface area contributed by atoms with Crippen LogP contribution in [0.4, 0.5) is 0 Å². The van der Waals surface area contributed by atoms with Gasteiger partial charge < -0.3 is 9.84 Å². The van der Waals surface area contributed by atoms with Crippen LogP contribution in [0.1, 0.15) is 17.2 Å². The lowest BCUT2D eigenvalue weighted by Crippen LogP contribution is -2.02. The van der Waals surface area contributed by atoms with Crippen molar-refractivity contribution in [3.05, 3.63) is 23.3 Å². The van der Waals surface area contributed by atoms with E-state index in [-0.39, 0.29) is 6.61 Å². The summed E-state index contributed by atoms with van der Waals surface area (Å²) >= 11 is 0. The predicted molar refractivity (Wildman–Crippen MR) is 43.4 cm³/mol. The van der Waals surface area contributed by atoms with Crippen LogP contribution in [-0.2, 0) is 18.0 Å². The average Bonchev–Trinajstić information content (AvgIpc) is 2.04. The Morgan fingerprint density at radius 2 is 2.25 bits per heavy atom. The van der Waals surface area contributed by atoms with Crippen molar-refractivity contribution in [1.82, 2.24) is 9.97 Å². The van der Waals surface area contributed by atoms with Crippen molar-refractivity contribution >= 4 is 0 Å². The molecule has 0 unspecified atom stereocenters. The molecule has 1 N–H and O–H groups in total. The second-order valence-corrected chi connectivity index (χ2v) is 2.51. The van der Waals surface area contributed by atoms with Gasteiger partial charge in [-0.25, -0.2) is 9.97 Å². The first-order chi connectivity index (χ1) is 5.76. The van der Waals surface area contributed by atoms with Crippen molar-refractivity contribution in [3.63, 3.8) is 0 Å². The summed E-state index contributed by atoms with van der Waals surface area (Å²) in [6, 6.07) is 1.75. The molecule has 0 saturated heterocycles. The third-order valence-corrected chi connectivity index (χ3v) is 1.39. The van der Waals surface area contributed by atoms with Crippen LogP contribution in [0, 0.1) is 6.92 Å². The average molecular weight is 168 g/mol. The van der Waals surface area contributed by atoms with E-state index in [4.69, 9.17) is 9.84 Å². The van der Waals surface area contributed by atoms with E-state index >= 15 is 0 Å². The Bertz CT molecular complexity index is 263. The molecule has 1 aromatic rings.